The van der Waals surface area contributed by atoms with Crippen LogP contribution in [-0.2, 0) is 16.1 Å². The van der Waals surface area contributed by atoms with Gasteiger partial charge in [-0.1, -0.05) is 19.1 Å². The van der Waals surface area contributed by atoms with Gasteiger partial charge >= 0.3 is 0 Å². The molecular formula is C20H23FN4O3. The van der Waals surface area contributed by atoms with Crippen LogP contribution in [0, 0.1) is 31.0 Å². The molecule has 0 aliphatic carbocycles. The molecule has 7 nitrogen and oxygen atoms in total. The van der Waals surface area contributed by atoms with Gasteiger partial charge in [0.1, 0.15) is 23.2 Å². The first kappa shape index (κ1) is 21.1. The van der Waals surface area contributed by atoms with E-state index < -0.39 is 0 Å². The van der Waals surface area contributed by atoms with Gasteiger partial charge in [-0.15, -0.1) is 0 Å². The second-order valence-electron chi connectivity index (χ2n) is 6.35. The highest BCUT2D eigenvalue weighted by atomic mass is 19.1. The summed E-state index contributed by atoms with van der Waals surface area (Å²) in [5.41, 5.74) is 1.76. The number of halogens is 1. The Hall–Kier alpha value is -3.18. The molecule has 0 aliphatic heterocycles. The number of benzene rings is 1. The summed E-state index contributed by atoms with van der Waals surface area (Å²) in [6.07, 6.45) is 0. The van der Waals surface area contributed by atoms with Gasteiger partial charge in [0, 0.05) is 12.1 Å². The maximum absolute atomic E-state index is 12.9. The summed E-state index contributed by atoms with van der Waals surface area (Å²) in [5.74, 6) is -0.266. The van der Waals surface area contributed by atoms with Crippen molar-refractivity contribution in [3.63, 3.8) is 0 Å². The number of carbonyl (C=O) groups excluding carboxylic acids is 2. The summed E-state index contributed by atoms with van der Waals surface area (Å²) in [4.78, 5) is 26.1. The zero-order valence-electron chi connectivity index (χ0n) is 16.1. The van der Waals surface area contributed by atoms with Crippen LogP contribution in [0.15, 0.2) is 28.7 Å². The first-order valence-corrected chi connectivity index (χ1v) is 8.87. The number of nitrogens with zero attached hydrogens (tertiary/aromatic N) is 2. The average Bonchev–Trinajstić information content (AvgIpc) is 2.93. The third kappa shape index (κ3) is 5.66. The Morgan fingerprint density at radius 3 is 2.43 bits per heavy atom. The van der Waals surface area contributed by atoms with Crippen molar-refractivity contribution in [2.75, 3.05) is 25.0 Å². The number of hydrogen-bond donors (Lipinski definition) is 2. The minimum Gasteiger partial charge on any atom is -0.444 e. The Balaban J connectivity index is 1.86. The second-order valence-corrected chi connectivity index (χ2v) is 6.35. The van der Waals surface area contributed by atoms with E-state index in [4.69, 9.17) is 4.42 Å². The third-order valence-corrected chi connectivity index (χ3v) is 4.33. The summed E-state index contributed by atoms with van der Waals surface area (Å²) in [6, 6.07) is 7.87. The molecule has 2 aromatic rings. The highest BCUT2D eigenvalue weighted by Crippen LogP contribution is 2.25. The van der Waals surface area contributed by atoms with E-state index in [9.17, 15) is 19.2 Å². The van der Waals surface area contributed by atoms with E-state index in [1.807, 2.05) is 13.0 Å². The minimum absolute atomic E-state index is 0.0237. The van der Waals surface area contributed by atoms with E-state index in [-0.39, 0.29) is 43.2 Å². The molecule has 0 radical (unpaired) electrons. The van der Waals surface area contributed by atoms with Gasteiger partial charge < -0.3 is 9.73 Å². The Morgan fingerprint density at radius 1 is 1.18 bits per heavy atom. The molecule has 148 valence electrons. The van der Waals surface area contributed by atoms with Gasteiger partial charge in [0.25, 0.3) is 0 Å². The van der Waals surface area contributed by atoms with Gasteiger partial charge in [-0.05, 0) is 38.1 Å². The SMILES string of the molecule is CCN(CC(=O)NCc1ccc(F)cc1)CC(=O)Nc1oc(C)c(C)c1C#N. The summed E-state index contributed by atoms with van der Waals surface area (Å²) in [7, 11) is 0. The van der Waals surface area contributed by atoms with Crippen LogP contribution in [0.5, 0.6) is 0 Å². The van der Waals surface area contributed by atoms with Crippen molar-refractivity contribution in [1.29, 1.82) is 5.26 Å². The molecule has 2 amide bonds. The second kappa shape index (κ2) is 9.67. The quantitative estimate of drug-likeness (QED) is 0.726. The van der Waals surface area contributed by atoms with Gasteiger partial charge in [0.15, 0.2) is 0 Å². The standard InChI is InChI=1S/C20H23FN4O3/c1-4-25(11-18(26)23-10-15-5-7-16(21)8-6-15)12-19(27)24-20-17(9-22)13(2)14(3)28-20/h5-8H,4,10-12H2,1-3H3,(H,23,26)(H,24,27). The van der Waals surface area contributed by atoms with Crippen LogP contribution in [0.1, 0.15) is 29.4 Å². The Labute approximate surface area is 163 Å². The molecule has 2 rings (SSSR count). The summed E-state index contributed by atoms with van der Waals surface area (Å²) < 4.78 is 18.3. The molecule has 0 fully saturated rings. The highest BCUT2D eigenvalue weighted by molar-refractivity contribution is 5.92. The molecule has 0 atom stereocenters. The maximum atomic E-state index is 12.9. The fraction of sp³-hybridized carbons (Fsp3) is 0.350. The van der Waals surface area contributed by atoms with Crippen LogP contribution in [0.25, 0.3) is 0 Å². The van der Waals surface area contributed by atoms with Crippen LogP contribution >= 0.6 is 0 Å². The van der Waals surface area contributed by atoms with E-state index >= 15 is 0 Å². The fourth-order valence-electron chi connectivity index (χ4n) is 2.56. The smallest absolute Gasteiger partial charge is 0.240 e. The lowest BCUT2D eigenvalue weighted by molar-refractivity contribution is -0.123. The van der Waals surface area contributed by atoms with Crippen molar-refractivity contribution in [2.45, 2.75) is 27.3 Å². The van der Waals surface area contributed by atoms with Crippen LogP contribution in [0.3, 0.4) is 0 Å². The van der Waals surface area contributed by atoms with Crippen molar-refractivity contribution >= 4 is 17.7 Å². The van der Waals surface area contributed by atoms with Crippen LogP contribution < -0.4 is 10.6 Å². The van der Waals surface area contributed by atoms with Gasteiger partial charge in [0.2, 0.25) is 17.7 Å². The first-order valence-electron chi connectivity index (χ1n) is 8.87. The number of rotatable bonds is 8. The summed E-state index contributed by atoms with van der Waals surface area (Å²) in [5, 5.41) is 14.5. The normalized spacial score (nSPS) is 10.6. The van der Waals surface area contributed by atoms with Crippen molar-refractivity contribution in [3.8, 4) is 6.07 Å². The monoisotopic (exact) mass is 386 g/mol. The number of carbonyl (C=O) groups is 2. The number of likely N-dealkylation sites (N-methyl/N-ethyl adjacent to an activating group) is 1. The van der Waals surface area contributed by atoms with E-state index in [1.165, 1.54) is 12.1 Å². The van der Waals surface area contributed by atoms with Gasteiger partial charge in [-0.3, -0.25) is 19.8 Å². The first-order chi connectivity index (χ1) is 13.3. The van der Waals surface area contributed by atoms with Crippen molar-refractivity contribution in [3.05, 3.63) is 52.5 Å². The van der Waals surface area contributed by atoms with E-state index in [2.05, 4.69) is 10.6 Å². The lowest BCUT2D eigenvalue weighted by atomic mass is 10.2. The topological polar surface area (TPSA) is 98.4 Å². The molecule has 0 bridgehead atoms. The van der Waals surface area contributed by atoms with E-state index in [0.717, 1.165) is 5.56 Å². The number of anilines is 1. The van der Waals surface area contributed by atoms with Crippen LogP contribution in [-0.4, -0.2) is 36.3 Å². The number of hydrogen-bond acceptors (Lipinski definition) is 5. The van der Waals surface area contributed by atoms with Crippen LogP contribution in [0.2, 0.25) is 0 Å². The van der Waals surface area contributed by atoms with Gasteiger partial charge in [-0.2, -0.15) is 5.26 Å². The molecule has 28 heavy (non-hydrogen) atoms. The molecule has 1 aromatic heterocycles. The van der Waals surface area contributed by atoms with Gasteiger partial charge in [-0.25, -0.2) is 4.39 Å². The lowest BCUT2D eigenvalue weighted by Gasteiger charge is -2.19. The molecule has 1 aromatic carbocycles. The van der Waals surface area contributed by atoms with Crippen molar-refractivity contribution in [2.24, 2.45) is 0 Å². The Morgan fingerprint density at radius 2 is 1.82 bits per heavy atom. The predicted octanol–water partition coefficient (Wildman–Crippen LogP) is 2.48. The molecule has 0 saturated carbocycles. The average molecular weight is 386 g/mol. The zero-order chi connectivity index (χ0) is 20.7. The van der Waals surface area contributed by atoms with Gasteiger partial charge in [0.05, 0.1) is 13.1 Å². The molecule has 0 spiro atoms. The summed E-state index contributed by atoms with van der Waals surface area (Å²) in [6.45, 7) is 6.07. The van der Waals surface area contributed by atoms with E-state index in [1.54, 1.807) is 30.9 Å². The lowest BCUT2D eigenvalue weighted by Crippen LogP contribution is -2.40. The predicted molar refractivity (Wildman–Crippen MR) is 102 cm³/mol. The number of furan rings is 1. The van der Waals surface area contributed by atoms with Crippen LogP contribution in [0.4, 0.5) is 10.3 Å². The van der Waals surface area contributed by atoms with Crippen molar-refractivity contribution in [1.82, 2.24) is 10.2 Å². The van der Waals surface area contributed by atoms with Crippen molar-refractivity contribution < 1.29 is 18.4 Å². The fourth-order valence-corrected chi connectivity index (χ4v) is 2.56. The Bertz CT molecular complexity index is 884. The largest absolute Gasteiger partial charge is 0.444 e. The molecule has 8 heteroatoms. The summed E-state index contributed by atoms with van der Waals surface area (Å²) >= 11 is 0. The number of nitriles is 1. The zero-order valence-corrected chi connectivity index (χ0v) is 16.1. The van der Waals surface area contributed by atoms with E-state index in [0.29, 0.717) is 23.4 Å². The molecular weight excluding hydrogens is 363 g/mol. The number of aryl methyl sites for hydroxylation is 1. The molecule has 1 heterocycles. The highest BCUT2D eigenvalue weighted by Gasteiger charge is 2.18. The molecule has 0 aliphatic rings. The maximum Gasteiger partial charge on any atom is 0.240 e. The number of amides is 2. The minimum atomic E-state index is -0.376. The number of nitrogens with one attached hydrogen (secondary N) is 2. The molecule has 0 unspecified atom stereocenters. The molecule has 0 saturated heterocycles. The third-order valence-electron chi connectivity index (χ3n) is 4.33. The Kier molecular flexibility index (Phi) is 7.29. The molecule has 2 N–H and O–H groups in total.